The largest absolute Gasteiger partial charge is 0.477 e. The maximum atomic E-state index is 13.5. The Morgan fingerprint density at radius 3 is 2.83 bits per heavy atom. The van der Waals surface area contributed by atoms with E-state index in [1.165, 1.54) is 22.8 Å². The van der Waals surface area contributed by atoms with Gasteiger partial charge in [-0.3, -0.25) is 4.98 Å². The molecule has 0 saturated heterocycles. The van der Waals surface area contributed by atoms with Gasteiger partial charge >= 0.3 is 5.97 Å². The Bertz CT molecular complexity index is 910. The van der Waals surface area contributed by atoms with Gasteiger partial charge in [-0.05, 0) is 42.8 Å². The fourth-order valence-electron chi connectivity index (χ4n) is 2.55. The molecule has 3 rings (SSSR count). The normalized spacial score (nSPS) is 10.8. The molecule has 3 aromatic rings. The molecule has 1 N–H and O–H groups in total. The van der Waals surface area contributed by atoms with Crippen molar-refractivity contribution in [1.82, 2.24) is 14.5 Å². The highest BCUT2D eigenvalue weighted by Crippen LogP contribution is 2.26. The van der Waals surface area contributed by atoms with E-state index in [2.05, 4.69) is 9.97 Å². The van der Waals surface area contributed by atoms with Gasteiger partial charge in [-0.2, -0.15) is 0 Å². The fraction of sp³-hybridized carbons (Fsp3) is 0.118. The third-order valence-electron chi connectivity index (χ3n) is 3.60. The Morgan fingerprint density at radius 1 is 1.38 bits per heavy atom. The molecule has 0 aliphatic carbocycles. The number of carboxylic acid groups (broad SMARTS) is 1. The first-order chi connectivity index (χ1) is 11.5. The van der Waals surface area contributed by atoms with Gasteiger partial charge < -0.3 is 9.67 Å². The first kappa shape index (κ1) is 16.1. The van der Waals surface area contributed by atoms with Crippen LogP contribution in [0.3, 0.4) is 0 Å². The van der Waals surface area contributed by atoms with E-state index in [9.17, 15) is 14.3 Å². The van der Waals surface area contributed by atoms with Crippen molar-refractivity contribution in [1.29, 1.82) is 0 Å². The van der Waals surface area contributed by atoms with E-state index in [1.807, 2.05) is 0 Å². The fourth-order valence-corrected chi connectivity index (χ4v) is 2.73. The van der Waals surface area contributed by atoms with Crippen LogP contribution < -0.4 is 0 Å². The second-order valence-electron chi connectivity index (χ2n) is 5.24. The number of carboxylic acids is 1. The molecule has 24 heavy (non-hydrogen) atoms. The molecule has 0 bridgehead atoms. The van der Waals surface area contributed by atoms with Crippen LogP contribution in [0.25, 0.3) is 11.4 Å². The number of nitrogens with zero attached hydrogens (tertiary/aromatic N) is 3. The quantitative estimate of drug-likeness (QED) is 0.781. The molecule has 2 heterocycles. The molecule has 0 spiro atoms. The molecule has 2 aromatic heterocycles. The lowest BCUT2D eigenvalue weighted by Crippen LogP contribution is -2.12. The minimum atomic E-state index is -1.11. The molecule has 5 nitrogen and oxygen atoms in total. The number of benzene rings is 1. The summed E-state index contributed by atoms with van der Waals surface area (Å²) in [6.07, 6.45) is 3.21. The molecular weight excluding hydrogens is 333 g/mol. The van der Waals surface area contributed by atoms with E-state index in [0.29, 0.717) is 27.7 Å². The molecule has 0 radical (unpaired) electrons. The van der Waals surface area contributed by atoms with Crippen molar-refractivity contribution in [2.24, 2.45) is 0 Å². The van der Waals surface area contributed by atoms with Crippen LogP contribution in [0.5, 0.6) is 0 Å². The Kier molecular flexibility index (Phi) is 4.31. The van der Waals surface area contributed by atoms with E-state index in [-0.39, 0.29) is 12.2 Å². The molecule has 0 atom stereocenters. The molecule has 0 amide bonds. The van der Waals surface area contributed by atoms with Gasteiger partial charge in [0.25, 0.3) is 0 Å². The Balaban J connectivity index is 2.18. The summed E-state index contributed by atoms with van der Waals surface area (Å²) in [5.74, 6) is -1.10. The minimum Gasteiger partial charge on any atom is -0.477 e. The number of rotatable bonds is 4. The maximum Gasteiger partial charge on any atom is 0.354 e. The minimum absolute atomic E-state index is 0.0363. The summed E-state index contributed by atoms with van der Waals surface area (Å²) in [5.41, 5.74) is 1.55. The van der Waals surface area contributed by atoms with Crippen LogP contribution >= 0.6 is 11.6 Å². The number of hydrogen-bond donors (Lipinski definition) is 1. The first-order valence-corrected chi connectivity index (χ1v) is 7.50. The van der Waals surface area contributed by atoms with E-state index < -0.39 is 11.8 Å². The summed E-state index contributed by atoms with van der Waals surface area (Å²) < 4.78 is 15.0. The maximum absolute atomic E-state index is 13.5. The zero-order chi connectivity index (χ0) is 17.3. The highest BCUT2D eigenvalue weighted by Gasteiger charge is 2.22. The average Bonchev–Trinajstić information content (AvgIpc) is 2.88. The van der Waals surface area contributed by atoms with Gasteiger partial charge in [0.1, 0.15) is 11.6 Å². The van der Waals surface area contributed by atoms with Crippen molar-refractivity contribution in [3.8, 4) is 11.4 Å². The van der Waals surface area contributed by atoms with E-state index in [1.54, 1.807) is 31.5 Å². The smallest absolute Gasteiger partial charge is 0.354 e. The van der Waals surface area contributed by atoms with Crippen LogP contribution in [-0.4, -0.2) is 25.6 Å². The van der Waals surface area contributed by atoms with Crippen molar-refractivity contribution in [3.63, 3.8) is 0 Å². The summed E-state index contributed by atoms with van der Waals surface area (Å²) in [4.78, 5) is 20.0. The number of pyridine rings is 1. The molecule has 0 aliphatic heterocycles. The lowest BCUT2D eigenvalue weighted by molar-refractivity contribution is 0.0685. The van der Waals surface area contributed by atoms with Crippen LogP contribution in [0.15, 0.2) is 42.7 Å². The highest BCUT2D eigenvalue weighted by atomic mass is 35.5. The van der Waals surface area contributed by atoms with Gasteiger partial charge in [-0.15, -0.1) is 0 Å². The van der Waals surface area contributed by atoms with Crippen LogP contribution in [0, 0.1) is 12.7 Å². The number of aromatic nitrogens is 3. The molecule has 0 aliphatic rings. The Morgan fingerprint density at radius 2 is 2.17 bits per heavy atom. The lowest BCUT2D eigenvalue weighted by atomic mass is 10.2. The summed E-state index contributed by atoms with van der Waals surface area (Å²) in [7, 11) is 0. The standard InChI is InChI=1S/C17H13ClFN3O2/c1-10-15(17(23)24)22(9-12-7-13(19)4-5-14(12)18)16(21-10)11-3-2-6-20-8-11/h2-8H,9H2,1H3,(H,23,24). The van der Waals surface area contributed by atoms with E-state index >= 15 is 0 Å². The van der Waals surface area contributed by atoms with Crippen LogP contribution in [0.4, 0.5) is 4.39 Å². The van der Waals surface area contributed by atoms with Gasteiger partial charge in [0.05, 0.1) is 12.2 Å². The van der Waals surface area contributed by atoms with Gasteiger partial charge in [0.2, 0.25) is 0 Å². The SMILES string of the molecule is Cc1nc(-c2cccnc2)n(Cc2cc(F)ccc2Cl)c1C(=O)O. The molecule has 122 valence electrons. The van der Waals surface area contributed by atoms with E-state index in [0.717, 1.165) is 0 Å². The number of imidazole rings is 1. The van der Waals surface area contributed by atoms with Gasteiger partial charge in [0.15, 0.2) is 5.69 Å². The van der Waals surface area contributed by atoms with Crippen LogP contribution in [-0.2, 0) is 6.54 Å². The second-order valence-corrected chi connectivity index (χ2v) is 5.65. The molecule has 0 unspecified atom stereocenters. The number of carbonyl (C=O) groups is 1. The average molecular weight is 346 g/mol. The molecule has 1 aromatic carbocycles. The summed E-state index contributed by atoms with van der Waals surface area (Å²) in [6, 6.07) is 7.50. The zero-order valence-corrected chi connectivity index (χ0v) is 13.5. The van der Waals surface area contributed by atoms with Gasteiger partial charge in [0, 0.05) is 23.0 Å². The van der Waals surface area contributed by atoms with E-state index in [4.69, 9.17) is 11.6 Å². The summed E-state index contributed by atoms with van der Waals surface area (Å²) in [5, 5.41) is 9.88. The number of aryl methyl sites for hydroxylation is 1. The second kappa shape index (κ2) is 6.41. The number of halogens is 2. The zero-order valence-electron chi connectivity index (χ0n) is 12.7. The van der Waals surface area contributed by atoms with Crippen LogP contribution in [0.1, 0.15) is 21.7 Å². The predicted octanol–water partition coefficient (Wildman–Crippen LogP) is 3.79. The van der Waals surface area contributed by atoms with Crippen LogP contribution in [0.2, 0.25) is 5.02 Å². The van der Waals surface area contributed by atoms with Crippen molar-refractivity contribution in [2.75, 3.05) is 0 Å². The topological polar surface area (TPSA) is 68.0 Å². The number of aromatic carboxylic acids is 1. The Hall–Kier alpha value is -2.73. The molecule has 0 saturated carbocycles. The number of hydrogen-bond acceptors (Lipinski definition) is 3. The molecule has 0 fully saturated rings. The summed E-state index contributed by atoms with van der Waals surface area (Å²) in [6.45, 7) is 1.70. The third kappa shape index (κ3) is 3.00. The molecule has 7 heteroatoms. The third-order valence-corrected chi connectivity index (χ3v) is 3.97. The van der Waals surface area contributed by atoms with Crippen molar-refractivity contribution in [2.45, 2.75) is 13.5 Å². The Labute approximate surface area is 142 Å². The van der Waals surface area contributed by atoms with Crippen molar-refractivity contribution >= 4 is 17.6 Å². The first-order valence-electron chi connectivity index (χ1n) is 7.12. The predicted molar refractivity (Wildman–Crippen MR) is 87.7 cm³/mol. The van der Waals surface area contributed by atoms with Crippen molar-refractivity contribution < 1.29 is 14.3 Å². The lowest BCUT2D eigenvalue weighted by Gasteiger charge is -2.12. The van der Waals surface area contributed by atoms with Gasteiger partial charge in [-0.1, -0.05) is 11.6 Å². The van der Waals surface area contributed by atoms with Crippen molar-refractivity contribution in [3.05, 3.63) is 70.5 Å². The summed E-state index contributed by atoms with van der Waals surface area (Å²) >= 11 is 6.12. The van der Waals surface area contributed by atoms with Gasteiger partial charge in [-0.25, -0.2) is 14.2 Å². The highest BCUT2D eigenvalue weighted by molar-refractivity contribution is 6.31. The molecular formula is C17H13ClFN3O2. The monoisotopic (exact) mass is 345 g/mol.